The predicted octanol–water partition coefficient (Wildman–Crippen LogP) is 2.50. The monoisotopic (exact) mass is 345 g/mol. The molecular formula is C11H11ClF3NO4S. The number of rotatable bonds is 5. The minimum Gasteiger partial charge on any atom is -0.480 e. The van der Waals surface area contributed by atoms with Crippen LogP contribution in [0.15, 0.2) is 23.1 Å². The lowest BCUT2D eigenvalue weighted by Crippen LogP contribution is -2.40. The van der Waals surface area contributed by atoms with Crippen LogP contribution in [0.2, 0.25) is 5.02 Å². The van der Waals surface area contributed by atoms with Crippen LogP contribution in [0.4, 0.5) is 13.2 Å². The maximum Gasteiger partial charge on any atom is 0.417 e. The third-order valence-electron chi connectivity index (χ3n) is 2.56. The number of nitrogens with one attached hydrogen (secondary N) is 1. The van der Waals surface area contributed by atoms with Crippen LogP contribution in [-0.2, 0) is 21.0 Å². The largest absolute Gasteiger partial charge is 0.480 e. The fourth-order valence-corrected chi connectivity index (χ4v) is 2.98. The SMILES string of the molecule is CC[C@H](NS(=O)(=O)c1ccc(Cl)c(C(F)(F)F)c1)C(=O)O. The first kappa shape index (κ1) is 17.7. The van der Waals surface area contributed by atoms with E-state index >= 15 is 0 Å². The predicted molar refractivity (Wildman–Crippen MR) is 68.5 cm³/mol. The Labute approximate surface area is 123 Å². The van der Waals surface area contributed by atoms with Gasteiger partial charge < -0.3 is 5.11 Å². The van der Waals surface area contributed by atoms with E-state index in [-0.39, 0.29) is 6.42 Å². The van der Waals surface area contributed by atoms with Crippen molar-refractivity contribution in [2.24, 2.45) is 0 Å². The van der Waals surface area contributed by atoms with Crippen molar-refractivity contribution in [2.45, 2.75) is 30.5 Å². The molecule has 0 aromatic heterocycles. The molecule has 0 aliphatic rings. The van der Waals surface area contributed by atoms with Crippen molar-refractivity contribution in [1.82, 2.24) is 4.72 Å². The summed E-state index contributed by atoms with van der Waals surface area (Å²) in [4.78, 5) is 10.1. The zero-order chi connectivity index (χ0) is 16.4. The summed E-state index contributed by atoms with van der Waals surface area (Å²) in [6.07, 6.45) is -4.88. The van der Waals surface area contributed by atoms with Crippen molar-refractivity contribution >= 4 is 27.6 Å². The average Bonchev–Trinajstić information content (AvgIpc) is 2.34. The van der Waals surface area contributed by atoms with Gasteiger partial charge in [0.1, 0.15) is 6.04 Å². The Balaban J connectivity index is 3.24. The van der Waals surface area contributed by atoms with Crippen LogP contribution in [0.1, 0.15) is 18.9 Å². The third-order valence-corrected chi connectivity index (χ3v) is 4.36. The molecule has 0 saturated heterocycles. The summed E-state index contributed by atoms with van der Waals surface area (Å²) >= 11 is 5.39. The Bertz CT molecular complexity index is 645. The molecule has 1 rings (SSSR count). The highest BCUT2D eigenvalue weighted by Gasteiger charge is 2.35. The molecule has 0 aliphatic heterocycles. The van der Waals surface area contributed by atoms with Gasteiger partial charge in [0.15, 0.2) is 0 Å². The van der Waals surface area contributed by atoms with Gasteiger partial charge in [0.05, 0.1) is 15.5 Å². The number of hydrogen-bond donors (Lipinski definition) is 2. The molecule has 0 unspecified atom stereocenters. The van der Waals surface area contributed by atoms with Crippen LogP contribution < -0.4 is 4.72 Å². The number of carbonyl (C=O) groups is 1. The molecule has 0 bridgehead atoms. The van der Waals surface area contributed by atoms with E-state index in [0.717, 1.165) is 12.1 Å². The number of aliphatic carboxylic acids is 1. The number of hydrogen-bond acceptors (Lipinski definition) is 3. The van der Waals surface area contributed by atoms with Crippen molar-refractivity contribution in [2.75, 3.05) is 0 Å². The van der Waals surface area contributed by atoms with Gasteiger partial charge in [-0.2, -0.15) is 17.9 Å². The molecule has 1 atom stereocenters. The molecule has 0 amide bonds. The minimum absolute atomic E-state index is 0.0612. The molecule has 0 aliphatic carbocycles. The van der Waals surface area contributed by atoms with E-state index in [2.05, 4.69) is 0 Å². The van der Waals surface area contributed by atoms with E-state index in [1.165, 1.54) is 6.92 Å². The highest BCUT2D eigenvalue weighted by atomic mass is 35.5. The van der Waals surface area contributed by atoms with Gasteiger partial charge in [0, 0.05) is 0 Å². The van der Waals surface area contributed by atoms with Gasteiger partial charge in [-0.15, -0.1) is 0 Å². The smallest absolute Gasteiger partial charge is 0.417 e. The lowest BCUT2D eigenvalue weighted by Gasteiger charge is -2.15. The quantitative estimate of drug-likeness (QED) is 0.859. The van der Waals surface area contributed by atoms with E-state index in [1.54, 1.807) is 0 Å². The minimum atomic E-state index is -4.82. The molecule has 0 fully saturated rings. The molecule has 1 aromatic rings. The zero-order valence-electron chi connectivity index (χ0n) is 10.6. The number of carboxylic acids is 1. The lowest BCUT2D eigenvalue weighted by molar-refractivity contribution is -0.139. The Morgan fingerprint density at radius 1 is 1.43 bits per heavy atom. The second kappa shape index (κ2) is 6.20. The van der Waals surface area contributed by atoms with Crippen LogP contribution >= 0.6 is 11.6 Å². The molecule has 5 nitrogen and oxygen atoms in total. The standard InChI is InChI=1S/C11H11ClF3NO4S/c1-2-9(10(17)18)16-21(19,20)6-3-4-8(12)7(5-6)11(13,14)15/h3-5,9,16H,2H2,1H3,(H,17,18)/t9-/m0/s1. The van der Waals surface area contributed by atoms with Crippen molar-refractivity contribution in [3.63, 3.8) is 0 Å². The van der Waals surface area contributed by atoms with Gasteiger partial charge in [-0.25, -0.2) is 8.42 Å². The van der Waals surface area contributed by atoms with Gasteiger partial charge >= 0.3 is 12.1 Å². The molecule has 0 saturated carbocycles. The van der Waals surface area contributed by atoms with Crippen molar-refractivity contribution < 1.29 is 31.5 Å². The van der Waals surface area contributed by atoms with E-state index < -0.39 is 43.7 Å². The van der Waals surface area contributed by atoms with Gasteiger partial charge in [-0.3, -0.25) is 4.79 Å². The zero-order valence-corrected chi connectivity index (χ0v) is 12.2. The van der Waals surface area contributed by atoms with E-state index in [1.807, 2.05) is 4.72 Å². The third kappa shape index (κ3) is 4.32. The molecule has 0 spiro atoms. The Morgan fingerprint density at radius 3 is 2.43 bits per heavy atom. The van der Waals surface area contributed by atoms with Gasteiger partial charge in [-0.1, -0.05) is 18.5 Å². The maximum atomic E-state index is 12.7. The van der Waals surface area contributed by atoms with Crippen LogP contribution in [0.25, 0.3) is 0 Å². The topological polar surface area (TPSA) is 83.5 Å². The van der Waals surface area contributed by atoms with Crippen LogP contribution in [0.5, 0.6) is 0 Å². The summed E-state index contributed by atoms with van der Waals surface area (Å²) in [5.74, 6) is -1.42. The summed E-state index contributed by atoms with van der Waals surface area (Å²) in [7, 11) is -4.41. The average molecular weight is 346 g/mol. The molecule has 2 N–H and O–H groups in total. The van der Waals surface area contributed by atoms with Crippen molar-refractivity contribution in [3.8, 4) is 0 Å². The first-order valence-electron chi connectivity index (χ1n) is 5.61. The number of halogens is 4. The molecule has 0 heterocycles. The summed E-state index contributed by atoms with van der Waals surface area (Å²) in [6, 6.07) is 0.592. The number of alkyl halides is 3. The second-order valence-corrected chi connectivity index (χ2v) is 6.18. The first-order valence-corrected chi connectivity index (χ1v) is 7.47. The summed E-state index contributed by atoms with van der Waals surface area (Å²) in [6.45, 7) is 1.42. The number of sulfonamides is 1. The van der Waals surface area contributed by atoms with Gasteiger partial charge in [0.2, 0.25) is 10.0 Å². The molecule has 10 heteroatoms. The molecule has 21 heavy (non-hydrogen) atoms. The van der Waals surface area contributed by atoms with Crippen LogP contribution in [-0.4, -0.2) is 25.5 Å². The maximum absolute atomic E-state index is 12.7. The summed E-state index contributed by atoms with van der Waals surface area (Å²) in [5, 5.41) is 8.14. The van der Waals surface area contributed by atoms with Gasteiger partial charge in [0.25, 0.3) is 0 Å². The first-order chi connectivity index (χ1) is 9.49. The van der Waals surface area contributed by atoms with Crippen molar-refractivity contribution in [1.29, 1.82) is 0 Å². The molecule has 118 valence electrons. The fourth-order valence-electron chi connectivity index (χ4n) is 1.45. The van der Waals surface area contributed by atoms with E-state index in [9.17, 15) is 26.4 Å². The fraction of sp³-hybridized carbons (Fsp3) is 0.364. The molecule has 1 aromatic carbocycles. The number of benzene rings is 1. The van der Waals surface area contributed by atoms with Crippen LogP contribution in [0, 0.1) is 0 Å². The van der Waals surface area contributed by atoms with Gasteiger partial charge in [-0.05, 0) is 24.6 Å². The van der Waals surface area contributed by atoms with E-state index in [0.29, 0.717) is 6.07 Å². The van der Waals surface area contributed by atoms with Crippen LogP contribution in [0.3, 0.4) is 0 Å². The van der Waals surface area contributed by atoms with E-state index in [4.69, 9.17) is 16.7 Å². The summed E-state index contributed by atoms with van der Waals surface area (Å²) < 4.78 is 63.7. The normalized spacial score (nSPS) is 14.0. The molecule has 0 radical (unpaired) electrons. The Kier molecular flexibility index (Phi) is 5.24. The second-order valence-electron chi connectivity index (χ2n) is 4.06. The summed E-state index contributed by atoms with van der Waals surface area (Å²) in [5.41, 5.74) is -1.31. The Morgan fingerprint density at radius 2 is 2.00 bits per heavy atom. The molecular weight excluding hydrogens is 335 g/mol. The highest BCUT2D eigenvalue weighted by Crippen LogP contribution is 2.35. The van der Waals surface area contributed by atoms with Crippen molar-refractivity contribution in [3.05, 3.63) is 28.8 Å². The highest BCUT2D eigenvalue weighted by molar-refractivity contribution is 7.89. The Hall–Kier alpha value is -1.32. The lowest BCUT2D eigenvalue weighted by atomic mass is 10.2. The number of carboxylic acid groups (broad SMARTS) is 1.